The van der Waals surface area contributed by atoms with Crippen LogP contribution < -0.4 is 9.80 Å². The van der Waals surface area contributed by atoms with Crippen LogP contribution in [0, 0.1) is 55.6 Å². The maximum absolute atomic E-state index is 5.67. The van der Waals surface area contributed by atoms with Crippen LogP contribution in [0.3, 0.4) is 0 Å². The fourth-order valence-electron chi connectivity index (χ4n) is 4.70. The summed E-state index contributed by atoms with van der Waals surface area (Å²) in [5, 5.41) is 0. The summed E-state index contributed by atoms with van der Waals surface area (Å²) in [6.07, 6.45) is 0. The summed E-state index contributed by atoms with van der Waals surface area (Å²) in [5.41, 5.74) is 12.0. The van der Waals surface area contributed by atoms with Gasteiger partial charge in [-0.3, -0.25) is 0 Å². The molecule has 0 N–H and O–H groups in total. The molecule has 1 fully saturated rings. The van der Waals surface area contributed by atoms with Gasteiger partial charge in [-0.25, -0.2) is 0 Å². The van der Waals surface area contributed by atoms with Crippen molar-refractivity contribution >= 4 is 35.4 Å². The first-order valence-corrected chi connectivity index (χ1v) is 16.6. The molecule has 4 rings (SSSR count). The van der Waals surface area contributed by atoms with Gasteiger partial charge in [0.05, 0.1) is 24.5 Å². The van der Waals surface area contributed by atoms with Crippen LogP contribution in [-0.2, 0) is 13.5 Å². The minimum absolute atomic E-state index is 0. The van der Waals surface area contributed by atoms with Crippen LogP contribution in [0.2, 0.25) is 0 Å². The van der Waals surface area contributed by atoms with E-state index in [0.29, 0.717) is 0 Å². The van der Waals surface area contributed by atoms with Crippen molar-refractivity contribution in [1.29, 1.82) is 0 Å². The third-order valence-electron chi connectivity index (χ3n) is 5.70. The summed E-state index contributed by atoms with van der Waals surface area (Å²) in [5.74, 6) is 0. The van der Waals surface area contributed by atoms with Gasteiger partial charge in [0, 0.05) is 7.43 Å². The van der Waals surface area contributed by atoms with Gasteiger partial charge < -0.3 is 0 Å². The molecule has 35 heavy (non-hydrogen) atoms. The van der Waals surface area contributed by atoms with Crippen molar-refractivity contribution in [2.75, 3.05) is 22.9 Å². The molecule has 0 bridgehead atoms. The van der Waals surface area contributed by atoms with Gasteiger partial charge in [-0.2, -0.15) is 9.80 Å². The van der Waals surface area contributed by atoms with Crippen molar-refractivity contribution in [1.82, 2.24) is 0 Å². The Morgan fingerprint density at radius 1 is 0.714 bits per heavy atom. The van der Waals surface area contributed by atoms with E-state index in [-0.39, 0.29) is 14.9 Å². The van der Waals surface area contributed by atoms with E-state index in [1.807, 2.05) is 34.9 Å². The van der Waals surface area contributed by atoms with Gasteiger partial charge in [0.15, 0.2) is 0 Å². The summed E-state index contributed by atoms with van der Waals surface area (Å²) in [6.45, 7) is 17.6. The zero-order valence-corrected chi connectivity index (χ0v) is 24.5. The third kappa shape index (κ3) is 8.31. The van der Waals surface area contributed by atoms with E-state index >= 15 is 0 Å². The van der Waals surface area contributed by atoms with Crippen LogP contribution in [0.1, 0.15) is 46.4 Å². The fourth-order valence-corrected chi connectivity index (χ4v) is 6.53. The number of hydrogen-bond donors (Lipinski definition) is 0. The van der Waals surface area contributed by atoms with E-state index in [2.05, 4.69) is 82.3 Å². The van der Waals surface area contributed by atoms with Crippen molar-refractivity contribution in [3.63, 3.8) is 0 Å². The Morgan fingerprint density at radius 2 is 1.09 bits per heavy atom. The first-order valence-electron chi connectivity index (χ1n) is 11.1. The molecule has 1 heterocycles. The molecule has 3 aromatic carbocycles. The summed E-state index contributed by atoms with van der Waals surface area (Å²) in [7, 11) is 11.3. The van der Waals surface area contributed by atoms with Crippen molar-refractivity contribution < 1.29 is 13.5 Å². The van der Waals surface area contributed by atoms with Gasteiger partial charge in [0.25, 0.3) is 6.67 Å². The van der Waals surface area contributed by atoms with E-state index in [9.17, 15) is 0 Å². The van der Waals surface area contributed by atoms with E-state index in [1.54, 1.807) is 0 Å². The number of aryl methyl sites for hydroxylation is 6. The topological polar surface area (TPSA) is 6.48 Å². The number of nitrogens with zero attached hydrogens (tertiary/aromatic N) is 2. The van der Waals surface area contributed by atoms with Crippen LogP contribution in [0.5, 0.6) is 0 Å². The number of benzene rings is 3. The van der Waals surface area contributed by atoms with Crippen LogP contribution in [0.4, 0.5) is 11.4 Å². The quantitative estimate of drug-likeness (QED) is 0.219. The molecule has 0 saturated carbocycles. The summed E-state index contributed by atoms with van der Waals surface area (Å²) >= 11 is -1.61. The number of rotatable bonds is 3. The van der Waals surface area contributed by atoms with Gasteiger partial charge >= 0.3 is 73.4 Å². The van der Waals surface area contributed by atoms with Gasteiger partial charge in [-0.1, -0.05) is 42.8 Å². The molecular weight excluding hydrogens is 560 g/mol. The Hall–Kier alpha value is -1.93. The summed E-state index contributed by atoms with van der Waals surface area (Å²) < 4.78 is 1.92. The van der Waals surface area contributed by atoms with E-state index in [0.717, 1.165) is 18.7 Å². The summed E-state index contributed by atoms with van der Waals surface area (Å²) in [6, 6.07) is 19.0. The number of hydrogen-bond acceptors (Lipinski definition) is 2. The number of halogens is 2. The van der Waals surface area contributed by atoms with Crippen molar-refractivity contribution in [2.24, 2.45) is 0 Å². The SMILES string of the molecule is C.Cc1cc(C)c(N2[CH+]N(c3c(C)cc(C)cc3C)CC2)c(C)c1.[CH3+].[Cl][Ru]([Cl])=[CH]c1ccccc1. The molecule has 0 radical (unpaired) electrons. The molecule has 0 spiro atoms. The van der Waals surface area contributed by atoms with E-state index in [4.69, 9.17) is 19.4 Å². The maximum atomic E-state index is 5.67. The van der Waals surface area contributed by atoms with Crippen molar-refractivity contribution in [3.05, 3.63) is 108 Å². The second kappa shape index (κ2) is 14.0. The van der Waals surface area contributed by atoms with E-state index in [1.165, 1.54) is 44.8 Å². The molecule has 3 aromatic rings. The number of anilines is 2. The average Bonchev–Trinajstić information content (AvgIpc) is 3.16. The Labute approximate surface area is 227 Å². The van der Waals surface area contributed by atoms with Crippen LogP contribution in [0.25, 0.3) is 0 Å². The Balaban J connectivity index is 0.000000435. The Bertz CT molecular complexity index is 1030. The van der Waals surface area contributed by atoms with E-state index < -0.39 is 13.5 Å². The molecule has 0 atom stereocenters. The molecule has 1 aliphatic heterocycles. The Kier molecular flexibility index (Phi) is 12.4. The molecule has 1 saturated heterocycles. The average molecular weight is 601 g/mol. The zero-order chi connectivity index (χ0) is 24.1. The van der Waals surface area contributed by atoms with Crippen LogP contribution >= 0.6 is 19.4 Å². The summed E-state index contributed by atoms with van der Waals surface area (Å²) in [4.78, 5) is 4.81. The predicted octanol–water partition coefficient (Wildman–Crippen LogP) is 8.83. The van der Waals surface area contributed by atoms with Gasteiger partial charge in [-0.05, 0) is 63.8 Å². The second-order valence-electron chi connectivity index (χ2n) is 8.71. The van der Waals surface area contributed by atoms with Crippen molar-refractivity contribution in [2.45, 2.75) is 49.0 Å². The molecule has 1 aliphatic rings. The standard InChI is InChI=1S/C21H27N2.C7H6.CH4.CH3.2ClH.Ru/c1-14-9-16(3)20(17(4)10-14)22-7-8-23(13-22)21-18(5)11-15(2)12-19(21)6;1-7-5-3-2-4-6-7;;;;;/h9-13H,7-8H2,1-6H3;1-6H;1H4;1H3;2*1H;/q+1;;;+1;;;+2/p-2. The van der Waals surface area contributed by atoms with Gasteiger partial charge in [0.1, 0.15) is 0 Å². The Morgan fingerprint density at radius 3 is 1.43 bits per heavy atom. The van der Waals surface area contributed by atoms with Gasteiger partial charge in [-0.15, -0.1) is 0 Å². The first kappa shape index (κ1) is 31.1. The fraction of sp³-hybridized carbons (Fsp3) is 0.300. The molecular formula is C30H40Cl2N2Ru+2. The van der Waals surface area contributed by atoms with Crippen LogP contribution in [0.15, 0.2) is 54.6 Å². The minimum atomic E-state index is -1.61. The molecule has 0 unspecified atom stereocenters. The second-order valence-corrected chi connectivity index (χ2v) is 14.4. The molecule has 5 heteroatoms. The van der Waals surface area contributed by atoms with Crippen LogP contribution in [-0.4, -0.2) is 17.7 Å². The monoisotopic (exact) mass is 600 g/mol. The third-order valence-corrected chi connectivity index (χ3v) is 7.57. The molecule has 2 nitrogen and oxygen atoms in total. The van der Waals surface area contributed by atoms with Gasteiger partial charge in [0.2, 0.25) is 0 Å². The van der Waals surface area contributed by atoms with Crippen molar-refractivity contribution in [3.8, 4) is 0 Å². The first-order chi connectivity index (χ1) is 15.7. The molecule has 0 amide bonds. The molecule has 190 valence electrons. The predicted molar refractivity (Wildman–Crippen MR) is 157 cm³/mol. The zero-order valence-electron chi connectivity index (χ0n) is 21.3. The normalized spacial score (nSPS) is 12.5. The molecule has 0 aliphatic carbocycles. The molecule has 0 aromatic heterocycles.